The van der Waals surface area contributed by atoms with E-state index in [9.17, 15) is 0 Å². The quantitative estimate of drug-likeness (QED) is 0.184. The van der Waals surface area contributed by atoms with E-state index in [2.05, 4.69) is 180 Å². The van der Waals surface area contributed by atoms with Crippen LogP contribution in [0.15, 0.2) is 192 Å². The van der Waals surface area contributed by atoms with Gasteiger partial charge >= 0.3 is 0 Å². The predicted octanol–water partition coefficient (Wildman–Crippen LogP) is 13.4. The van der Waals surface area contributed by atoms with E-state index in [1.165, 1.54) is 66.3 Å². The number of hydrogen-bond acceptors (Lipinski definition) is 1. The summed E-state index contributed by atoms with van der Waals surface area (Å²) in [6.45, 7) is 0. The second-order valence-electron chi connectivity index (χ2n) is 13.0. The van der Waals surface area contributed by atoms with Crippen LogP contribution in [0, 0.1) is 0 Å². The van der Waals surface area contributed by atoms with Gasteiger partial charge in [-0.15, -0.1) is 0 Å². The molecule has 10 rings (SSSR count). The Balaban J connectivity index is 1.12. The average Bonchev–Trinajstić information content (AvgIpc) is 3.73. The molecule has 0 saturated carbocycles. The first-order valence-electron chi connectivity index (χ1n) is 17.1. The van der Waals surface area contributed by atoms with Crippen LogP contribution in [0.25, 0.3) is 93.9 Å². The van der Waals surface area contributed by atoms with Crippen molar-refractivity contribution in [1.82, 2.24) is 4.57 Å². The zero-order valence-corrected chi connectivity index (χ0v) is 27.3. The predicted molar refractivity (Wildman–Crippen MR) is 210 cm³/mol. The van der Waals surface area contributed by atoms with Crippen LogP contribution in [0.1, 0.15) is 0 Å². The summed E-state index contributed by atoms with van der Waals surface area (Å²) in [6, 6.07) is 67.6. The normalized spacial score (nSPS) is 11.6. The molecule has 0 N–H and O–H groups in total. The molecule has 0 bridgehead atoms. The van der Waals surface area contributed by atoms with E-state index in [1.807, 2.05) is 12.1 Å². The minimum atomic E-state index is 0.915. The molecule has 0 spiro atoms. The summed E-state index contributed by atoms with van der Waals surface area (Å²) in [6.07, 6.45) is 0. The largest absolute Gasteiger partial charge is 0.456 e. The van der Waals surface area contributed by atoms with Gasteiger partial charge in [0.1, 0.15) is 11.2 Å². The van der Waals surface area contributed by atoms with E-state index >= 15 is 0 Å². The fraction of sp³-hybridized carbons (Fsp3) is 0. The summed E-state index contributed by atoms with van der Waals surface area (Å²) in [5, 5.41) is 4.76. The van der Waals surface area contributed by atoms with Crippen LogP contribution in [0.2, 0.25) is 0 Å². The number of benzene rings is 8. The Morgan fingerprint density at radius 3 is 1.54 bits per heavy atom. The van der Waals surface area contributed by atoms with Gasteiger partial charge < -0.3 is 8.98 Å². The van der Waals surface area contributed by atoms with E-state index in [1.54, 1.807) is 0 Å². The first-order valence-corrected chi connectivity index (χ1v) is 17.1. The highest BCUT2D eigenvalue weighted by atomic mass is 16.3. The monoisotopic (exact) mass is 637 g/mol. The summed E-state index contributed by atoms with van der Waals surface area (Å²) in [5.41, 5.74) is 14.9. The first-order chi connectivity index (χ1) is 24.8. The minimum Gasteiger partial charge on any atom is -0.456 e. The van der Waals surface area contributed by atoms with Crippen molar-refractivity contribution >= 4 is 43.7 Å². The molecule has 8 aromatic carbocycles. The van der Waals surface area contributed by atoms with Crippen LogP contribution in [0.5, 0.6) is 0 Å². The van der Waals surface area contributed by atoms with Crippen LogP contribution < -0.4 is 0 Å². The molecule has 234 valence electrons. The molecule has 0 aliphatic rings. The van der Waals surface area contributed by atoms with E-state index in [-0.39, 0.29) is 0 Å². The lowest BCUT2D eigenvalue weighted by Crippen LogP contribution is -1.94. The van der Waals surface area contributed by atoms with Crippen LogP contribution in [0.3, 0.4) is 0 Å². The van der Waals surface area contributed by atoms with Crippen molar-refractivity contribution in [2.45, 2.75) is 0 Å². The molecule has 2 aromatic heterocycles. The number of aromatic nitrogens is 1. The Kier molecular flexibility index (Phi) is 6.53. The fourth-order valence-electron chi connectivity index (χ4n) is 7.55. The Morgan fingerprint density at radius 2 is 0.800 bits per heavy atom. The highest BCUT2D eigenvalue weighted by Gasteiger charge is 2.15. The summed E-state index contributed by atoms with van der Waals surface area (Å²) in [4.78, 5) is 0. The molecular formula is C48H31NO. The lowest BCUT2D eigenvalue weighted by atomic mass is 9.93. The van der Waals surface area contributed by atoms with Crippen molar-refractivity contribution in [2.75, 3.05) is 0 Å². The molecule has 0 unspecified atom stereocenters. The number of fused-ring (bicyclic) bond motifs is 6. The van der Waals surface area contributed by atoms with Crippen molar-refractivity contribution < 1.29 is 4.42 Å². The van der Waals surface area contributed by atoms with Gasteiger partial charge in [0.15, 0.2) is 0 Å². The van der Waals surface area contributed by atoms with Crippen molar-refractivity contribution in [2.24, 2.45) is 0 Å². The fourth-order valence-corrected chi connectivity index (χ4v) is 7.55. The molecule has 2 heteroatoms. The maximum Gasteiger partial charge on any atom is 0.135 e. The molecule has 0 aliphatic carbocycles. The van der Waals surface area contributed by atoms with Crippen LogP contribution in [0.4, 0.5) is 0 Å². The lowest BCUT2D eigenvalue weighted by Gasteiger charge is -2.14. The van der Waals surface area contributed by atoms with Gasteiger partial charge in [0.25, 0.3) is 0 Å². The highest BCUT2D eigenvalue weighted by molar-refractivity contribution is 6.11. The van der Waals surface area contributed by atoms with Gasteiger partial charge in [-0.25, -0.2) is 0 Å². The maximum absolute atomic E-state index is 6.12. The van der Waals surface area contributed by atoms with Crippen molar-refractivity contribution in [1.29, 1.82) is 0 Å². The topological polar surface area (TPSA) is 18.1 Å². The summed E-state index contributed by atoms with van der Waals surface area (Å²) >= 11 is 0. The molecule has 0 aliphatic heterocycles. The van der Waals surface area contributed by atoms with E-state index in [0.29, 0.717) is 0 Å². The molecule has 2 heterocycles. The van der Waals surface area contributed by atoms with Crippen molar-refractivity contribution in [3.63, 3.8) is 0 Å². The smallest absolute Gasteiger partial charge is 0.135 e. The molecule has 10 aromatic rings. The van der Waals surface area contributed by atoms with Gasteiger partial charge in [0.05, 0.1) is 11.0 Å². The Morgan fingerprint density at radius 1 is 0.280 bits per heavy atom. The SMILES string of the molecule is c1ccc(-c2cc(-c3ccccc3)cc(-c3cccc(-n4c5ccccc5c5cc(-c6ccc7oc8ccccc8c7c6)ccc54)c3)c2)cc1. The average molecular weight is 638 g/mol. The van der Waals surface area contributed by atoms with Gasteiger partial charge in [-0.2, -0.15) is 0 Å². The second-order valence-corrected chi connectivity index (χ2v) is 13.0. The molecule has 0 atom stereocenters. The minimum absolute atomic E-state index is 0.915. The van der Waals surface area contributed by atoms with E-state index in [0.717, 1.165) is 27.6 Å². The van der Waals surface area contributed by atoms with Crippen LogP contribution in [-0.4, -0.2) is 4.57 Å². The van der Waals surface area contributed by atoms with Gasteiger partial charge in [0.2, 0.25) is 0 Å². The third kappa shape index (κ3) is 4.73. The van der Waals surface area contributed by atoms with Gasteiger partial charge in [-0.1, -0.05) is 121 Å². The second kappa shape index (κ2) is 11.5. The molecular weight excluding hydrogens is 607 g/mol. The Labute approximate surface area is 290 Å². The zero-order chi connectivity index (χ0) is 33.0. The molecule has 0 amide bonds. The van der Waals surface area contributed by atoms with Crippen molar-refractivity contribution in [3.05, 3.63) is 188 Å². The van der Waals surface area contributed by atoms with Crippen LogP contribution >= 0.6 is 0 Å². The standard InChI is InChI=1S/C48H31NO/c1-3-12-32(13-4-1)37-26-38(33-14-5-2-6-15-33)28-39(27-37)34-16-11-17-40(29-34)49-45-20-9-7-18-41(45)43-30-35(22-24-46(43)49)36-23-25-48-44(31-36)42-19-8-10-21-47(42)50-48/h1-31H. The maximum atomic E-state index is 6.12. The summed E-state index contributed by atoms with van der Waals surface area (Å²) < 4.78 is 8.53. The molecule has 0 radical (unpaired) electrons. The van der Waals surface area contributed by atoms with Gasteiger partial charge in [-0.3, -0.25) is 0 Å². The van der Waals surface area contributed by atoms with Crippen molar-refractivity contribution in [3.8, 4) is 50.2 Å². The summed E-state index contributed by atoms with van der Waals surface area (Å²) in [5.74, 6) is 0. The molecule has 0 saturated heterocycles. The molecule has 0 fully saturated rings. The third-order valence-electron chi connectivity index (χ3n) is 9.97. The number of hydrogen-bond donors (Lipinski definition) is 0. The molecule has 2 nitrogen and oxygen atoms in total. The van der Waals surface area contributed by atoms with E-state index < -0.39 is 0 Å². The zero-order valence-electron chi connectivity index (χ0n) is 27.3. The number of rotatable bonds is 5. The number of para-hydroxylation sites is 2. The lowest BCUT2D eigenvalue weighted by molar-refractivity contribution is 0.669. The number of nitrogens with zero attached hydrogens (tertiary/aromatic N) is 1. The summed E-state index contributed by atoms with van der Waals surface area (Å²) in [7, 11) is 0. The Bertz CT molecular complexity index is 2800. The first kappa shape index (κ1) is 28.4. The molecule has 50 heavy (non-hydrogen) atoms. The van der Waals surface area contributed by atoms with E-state index in [4.69, 9.17) is 4.42 Å². The van der Waals surface area contributed by atoms with Crippen LogP contribution in [-0.2, 0) is 0 Å². The highest BCUT2D eigenvalue weighted by Crippen LogP contribution is 2.39. The number of furan rings is 1. The third-order valence-corrected chi connectivity index (χ3v) is 9.97. The Hall–Kier alpha value is -6.64. The van der Waals surface area contributed by atoms with Gasteiger partial charge in [0, 0.05) is 27.2 Å². The van der Waals surface area contributed by atoms with Gasteiger partial charge in [-0.05, 0) is 111 Å².